The topological polar surface area (TPSA) is 66.8 Å². The Morgan fingerprint density at radius 1 is 1.50 bits per heavy atom. The number of carbonyl (C=O) groups is 2. The van der Waals surface area contributed by atoms with Crippen LogP contribution in [0, 0.1) is 17.7 Å². The molecule has 3 aliphatic rings. The van der Waals surface area contributed by atoms with Gasteiger partial charge in [-0.2, -0.15) is 0 Å². The minimum absolute atomic E-state index is 0.0331. The number of carboxylic acids is 1. The quantitative estimate of drug-likeness (QED) is 0.844. The number of carbonyl (C=O) groups excluding carboxylic acids is 1. The van der Waals surface area contributed by atoms with Gasteiger partial charge in [0.05, 0.1) is 23.6 Å². The summed E-state index contributed by atoms with van der Waals surface area (Å²) in [5, 5.41) is 9.34. The Bertz CT molecular complexity index is 736. The van der Waals surface area contributed by atoms with Crippen molar-refractivity contribution in [2.24, 2.45) is 11.8 Å². The summed E-state index contributed by atoms with van der Waals surface area (Å²) in [6.07, 6.45) is 2.87. The van der Waals surface area contributed by atoms with Crippen LogP contribution in [0.25, 0.3) is 0 Å². The standard InChI is InChI=1S/C15H11ClFNO4/c16-8-2-1-7(5-9(8)17)18-6-15-4-3-10(22-15)11(14(20)21)12(15)13(18)19/h1-5,10-12H,6H2,(H,20,21)/t10-,11+,12+,15-/m1/s1. The number of nitrogens with zero attached hydrogens (tertiary/aromatic N) is 1. The summed E-state index contributed by atoms with van der Waals surface area (Å²) in [6.45, 7) is 0.175. The minimum Gasteiger partial charge on any atom is -0.481 e. The van der Waals surface area contributed by atoms with Crippen LogP contribution >= 0.6 is 11.6 Å². The maximum absolute atomic E-state index is 13.6. The third-order valence-corrected chi connectivity index (χ3v) is 4.91. The molecule has 0 aromatic heterocycles. The number of hydrogen-bond acceptors (Lipinski definition) is 3. The van der Waals surface area contributed by atoms with Gasteiger partial charge in [-0.1, -0.05) is 23.8 Å². The molecule has 1 aromatic carbocycles. The maximum Gasteiger partial charge on any atom is 0.310 e. The monoisotopic (exact) mass is 323 g/mol. The van der Waals surface area contributed by atoms with E-state index in [1.165, 1.54) is 23.1 Å². The second-order valence-corrected chi connectivity index (χ2v) is 6.17. The van der Waals surface area contributed by atoms with Crippen LogP contribution in [0.4, 0.5) is 10.1 Å². The van der Waals surface area contributed by atoms with Crippen LogP contribution in [0.15, 0.2) is 30.4 Å². The molecule has 0 radical (unpaired) electrons. The van der Waals surface area contributed by atoms with E-state index in [4.69, 9.17) is 16.3 Å². The zero-order chi connectivity index (χ0) is 15.6. The van der Waals surface area contributed by atoms with Gasteiger partial charge in [0, 0.05) is 5.69 Å². The molecule has 2 saturated heterocycles. The van der Waals surface area contributed by atoms with E-state index < -0.39 is 35.3 Å². The van der Waals surface area contributed by atoms with E-state index in [1.54, 1.807) is 12.2 Å². The van der Waals surface area contributed by atoms with Crippen molar-refractivity contribution in [2.45, 2.75) is 11.7 Å². The first-order valence-corrected chi connectivity index (χ1v) is 7.17. The highest BCUT2D eigenvalue weighted by molar-refractivity contribution is 6.30. The first-order valence-electron chi connectivity index (χ1n) is 6.79. The van der Waals surface area contributed by atoms with Gasteiger partial charge in [-0.25, -0.2) is 4.39 Å². The van der Waals surface area contributed by atoms with Crippen molar-refractivity contribution in [3.63, 3.8) is 0 Å². The summed E-state index contributed by atoms with van der Waals surface area (Å²) in [7, 11) is 0. The van der Waals surface area contributed by atoms with E-state index in [2.05, 4.69) is 0 Å². The summed E-state index contributed by atoms with van der Waals surface area (Å²) in [5.74, 6) is -3.73. The summed E-state index contributed by atoms with van der Waals surface area (Å²) >= 11 is 5.65. The lowest BCUT2D eigenvalue weighted by Gasteiger charge is -2.21. The van der Waals surface area contributed by atoms with E-state index in [0.29, 0.717) is 5.69 Å². The summed E-state index contributed by atoms with van der Waals surface area (Å²) in [4.78, 5) is 25.5. The molecule has 0 unspecified atom stereocenters. The van der Waals surface area contributed by atoms with Crippen LogP contribution in [0.3, 0.4) is 0 Å². The van der Waals surface area contributed by atoms with Crippen LogP contribution in [-0.2, 0) is 14.3 Å². The molecule has 2 fully saturated rings. The van der Waals surface area contributed by atoms with Gasteiger partial charge in [-0.15, -0.1) is 0 Å². The van der Waals surface area contributed by atoms with E-state index in [9.17, 15) is 19.1 Å². The molecule has 4 rings (SSSR count). The lowest BCUT2D eigenvalue weighted by Crippen LogP contribution is -2.39. The first-order chi connectivity index (χ1) is 10.4. The predicted molar refractivity (Wildman–Crippen MR) is 75.1 cm³/mol. The van der Waals surface area contributed by atoms with Crippen LogP contribution in [0.2, 0.25) is 5.02 Å². The molecule has 1 aromatic rings. The number of hydrogen-bond donors (Lipinski definition) is 1. The number of rotatable bonds is 2. The Labute approximate surface area is 129 Å². The maximum atomic E-state index is 13.6. The van der Waals surface area contributed by atoms with Crippen molar-refractivity contribution in [3.05, 3.63) is 41.2 Å². The molecule has 3 aliphatic heterocycles. The third-order valence-electron chi connectivity index (χ3n) is 4.60. The largest absolute Gasteiger partial charge is 0.481 e. The highest BCUT2D eigenvalue weighted by Gasteiger charge is 2.67. The first kappa shape index (κ1) is 13.7. The number of aliphatic carboxylic acids is 1. The van der Waals surface area contributed by atoms with Crippen molar-refractivity contribution in [1.82, 2.24) is 0 Å². The molecule has 0 aliphatic carbocycles. The molecule has 1 amide bonds. The lowest BCUT2D eigenvalue weighted by atomic mass is 9.77. The van der Waals surface area contributed by atoms with Crippen LogP contribution in [-0.4, -0.2) is 35.2 Å². The second-order valence-electron chi connectivity index (χ2n) is 5.76. The molecule has 5 nitrogen and oxygen atoms in total. The van der Waals surface area contributed by atoms with Gasteiger partial charge in [-0.3, -0.25) is 9.59 Å². The summed E-state index contributed by atoms with van der Waals surface area (Å²) < 4.78 is 19.4. The average molecular weight is 324 g/mol. The van der Waals surface area contributed by atoms with Gasteiger partial charge in [-0.05, 0) is 18.2 Å². The number of fused-ring (bicyclic) bond motifs is 1. The van der Waals surface area contributed by atoms with Crippen molar-refractivity contribution in [2.75, 3.05) is 11.4 Å². The van der Waals surface area contributed by atoms with Crippen LogP contribution in [0.1, 0.15) is 0 Å². The number of carboxylic acid groups (broad SMARTS) is 1. The third kappa shape index (κ3) is 1.62. The zero-order valence-corrected chi connectivity index (χ0v) is 12.0. The smallest absolute Gasteiger partial charge is 0.310 e. The average Bonchev–Trinajstić information content (AvgIpc) is 3.10. The number of halogens is 2. The number of ether oxygens (including phenoxy) is 1. The molecule has 2 bridgehead atoms. The van der Waals surface area contributed by atoms with E-state index in [-0.39, 0.29) is 17.5 Å². The van der Waals surface area contributed by atoms with Crippen molar-refractivity contribution in [3.8, 4) is 0 Å². The number of amides is 1. The molecule has 1 N–H and O–H groups in total. The van der Waals surface area contributed by atoms with Gasteiger partial charge in [0.1, 0.15) is 17.3 Å². The van der Waals surface area contributed by atoms with E-state index >= 15 is 0 Å². The van der Waals surface area contributed by atoms with E-state index in [1.807, 2.05) is 0 Å². The fourth-order valence-electron chi connectivity index (χ4n) is 3.65. The van der Waals surface area contributed by atoms with Gasteiger partial charge in [0.15, 0.2) is 0 Å². The SMILES string of the molecule is O=C(O)[C@@H]1[C@H]2C(=O)N(c3ccc(Cl)c(F)c3)C[C@]23C=C[C@H]1O3. The van der Waals surface area contributed by atoms with Gasteiger partial charge in [0.25, 0.3) is 0 Å². The Balaban J connectivity index is 1.74. The lowest BCUT2D eigenvalue weighted by molar-refractivity contribution is -0.146. The Hall–Kier alpha value is -1.92. The van der Waals surface area contributed by atoms with Crippen molar-refractivity contribution < 1.29 is 23.8 Å². The molecule has 3 heterocycles. The van der Waals surface area contributed by atoms with Gasteiger partial charge < -0.3 is 14.7 Å². The van der Waals surface area contributed by atoms with Crippen molar-refractivity contribution in [1.29, 1.82) is 0 Å². The van der Waals surface area contributed by atoms with Crippen LogP contribution in [0.5, 0.6) is 0 Å². The second kappa shape index (κ2) is 4.30. The van der Waals surface area contributed by atoms with Crippen molar-refractivity contribution >= 4 is 29.2 Å². The molecule has 0 saturated carbocycles. The fraction of sp³-hybridized carbons (Fsp3) is 0.333. The molecule has 4 atom stereocenters. The molecular formula is C15H11ClFNO4. The highest BCUT2D eigenvalue weighted by atomic mass is 35.5. The molecule has 7 heteroatoms. The van der Waals surface area contributed by atoms with Gasteiger partial charge in [0.2, 0.25) is 5.91 Å². The Morgan fingerprint density at radius 2 is 2.27 bits per heavy atom. The normalized spacial score (nSPS) is 35.3. The summed E-state index contributed by atoms with van der Waals surface area (Å²) in [6, 6.07) is 4.07. The minimum atomic E-state index is -1.06. The van der Waals surface area contributed by atoms with E-state index in [0.717, 1.165) is 0 Å². The molecule has 114 valence electrons. The predicted octanol–water partition coefficient (Wildman–Crippen LogP) is 1.85. The number of anilines is 1. The molecule has 22 heavy (non-hydrogen) atoms. The number of benzene rings is 1. The Kier molecular flexibility index (Phi) is 2.68. The summed E-state index contributed by atoms with van der Waals surface area (Å²) in [5.41, 5.74) is -0.582. The molecule has 1 spiro atoms. The Morgan fingerprint density at radius 3 is 2.95 bits per heavy atom. The van der Waals surface area contributed by atoms with Crippen LogP contribution < -0.4 is 4.90 Å². The highest BCUT2D eigenvalue weighted by Crippen LogP contribution is 2.52. The van der Waals surface area contributed by atoms with Gasteiger partial charge >= 0.3 is 5.97 Å². The fourth-order valence-corrected chi connectivity index (χ4v) is 3.77. The molecular weight excluding hydrogens is 313 g/mol. The zero-order valence-electron chi connectivity index (χ0n) is 11.2.